The number of carbonyl (C=O) groups is 1. The van der Waals surface area contributed by atoms with Crippen LogP contribution in [0.15, 0.2) is 50.8 Å². The van der Waals surface area contributed by atoms with E-state index in [0.29, 0.717) is 23.1 Å². The lowest BCUT2D eigenvalue weighted by Gasteiger charge is -2.15. The number of aromatic nitrogens is 2. The Kier molecular flexibility index (Phi) is 7.54. The Morgan fingerprint density at radius 2 is 2.09 bits per heavy atom. The van der Waals surface area contributed by atoms with Crippen LogP contribution in [0.5, 0.6) is 5.75 Å². The van der Waals surface area contributed by atoms with Gasteiger partial charge in [-0.05, 0) is 38.1 Å². The number of carbonyl (C=O) groups excluding carboxylic acids is 1. The average Bonchev–Trinajstić information content (AvgIpc) is 2.79. The lowest BCUT2D eigenvalue weighted by Crippen LogP contribution is -2.27. The molecule has 0 spiro atoms. The molecule has 0 amide bonds. The SMILES string of the molecule is CCOC(=O)[C@@H](C)Oc1c(C=Nn2c(CC)nc3ccc(Br)cc3c2=O)cccc1[N+](=O)[O-]. The number of fused-ring (bicyclic) bond motifs is 1. The molecule has 172 valence electrons. The van der Waals surface area contributed by atoms with Crippen LogP contribution >= 0.6 is 15.9 Å². The zero-order chi connectivity index (χ0) is 24.1. The van der Waals surface area contributed by atoms with Crippen LogP contribution in [-0.2, 0) is 16.0 Å². The van der Waals surface area contributed by atoms with Gasteiger partial charge in [0.15, 0.2) is 6.10 Å². The third kappa shape index (κ3) is 5.25. The van der Waals surface area contributed by atoms with E-state index in [1.54, 1.807) is 25.1 Å². The second kappa shape index (κ2) is 10.3. The van der Waals surface area contributed by atoms with Crippen molar-refractivity contribution in [3.8, 4) is 5.75 Å². The van der Waals surface area contributed by atoms with Crippen molar-refractivity contribution in [1.82, 2.24) is 9.66 Å². The van der Waals surface area contributed by atoms with Gasteiger partial charge in [0.25, 0.3) is 5.56 Å². The van der Waals surface area contributed by atoms with Gasteiger partial charge in [-0.15, -0.1) is 0 Å². The molecule has 0 aliphatic rings. The number of nitrogens with zero attached hydrogens (tertiary/aromatic N) is 4. The fourth-order valence-corrected chi connectivity index (χ4v) is 3.42. The van der Waals surface area contributed by atoms with Gasteiger partial charge in [0.05, 0.1) is 28.6 Å². The van der Waals surface area contributed by atoms with E-state index in [-0.39, 0.29) is 29.2 Å². The maximum atomic E-state index is 13.1. The summed E-state index contributed by atoms with van der Waals surface area (Å²) in [6.07, 6.45) is 0.607. The van der Waals surface area contributed by atoms with Crippen LogP contribution in [0.3, 0.4) is 0 Å². The van der Waals surface area contributed by atoms with Crippen LogP contribution in [0.25, 0.3) is 10.9 Å². The number of esters is 1. The third-order valence-electron chi connectivity index (χ3n) is 4.64. The number of rotatable bonds is 8. The summed E-state index contributed by atoms with van der Waals surface area (Å²) in [5.74, 6) is -0.402. The molecule has 0 radical (unpaired) electrons. The van der Waals surface area contributed by atoms with Crippen molar-refractivity contribution < 1.29 is 19.2 Å². The van der Waals surface area contributed by atoms with Gasteiger partial charge in [0, 0.05) is 22.5 Å². The molecule has 0 N–H and O–H groups in total. The van der Waals surface area contributed by atoms with Crippen LogP contribution in [-0.4, -0.2) is 39.5 Å². The molecule has 1 aromatic heterocycles. The number of para-hydroxylation sites is 1. The molecule has 3 aromatic rings. The molecule has 3 rings (SSSR count). The van der Waals surface area contributed by atoms with Gasteiger partial charge in [-0.1, -0.05) is 28.9 Å². The summed E-state index contributed by atoms with van der Waals surface area (Å²) < 4.78 is 12.4. The predicted octanol–water partition coefficient (Wildman–Crippen LogP) is 3.84. The number of ether oxygens (including phenoxy) is 2. The zero-order valence-electron chi connectivity index (χ0n) is 18.1. The summed E-state index contributed by atoms with van der Waals surface area (Å²) in [4.78, 5) is 40.5. The standard InChI is InChI=1S/C22H21BrN4O6/c1-4-19-25-17-10-9-15(23)11-16(17)21(28)26(19)24-12-14-7-6-8-18(27(30)31)20(14)33-13(3)22(29)32-5-2/h6-13H,4-5H2,1-3H3/t13-/m1/s1. The number of nitro groups is 1. The molecule has 0 fully saturated rings. The molecule has 0 bridgehead atoms. The quantitative estimate of drug-likeness (QED) is 0.192. The van der Waals surface area contributed by atoms with Gasteiger partial charge in [0.1, 0.15) is 5.82 Å². The van der Waals surface area contributed by atoms with Crippen molar-refractivity contribution in [3.05, 3.63) is 72.7 Å². The molecular formula is C22H21BrN4O6. The number of hydrogen-bond donors (Lipinski definition) is 0. The van der Waals surface area contributed by atoms with E-state index < -0.39 is 17.0 Å². The molecule has 0 saturated carbocycles. The van der Waals surface area contributed by atoms with Gasteiger partial charge in [-0.2, -0.15) is 9.78 Å². The van der Waals surface area contributed by atoms with Gasteiger partial charge in [0.2, 0.25) is 5.75 Å². The van der Waals surface area contributed by atoms with Crippen molar-refractivity contribution in [2.45, 2.75) is 33.3 Å². The number of nitro benzene ring substituents is 1. The summed E-state index contributed by atoms with van der Waals surface area (Å²) in [6, 6.07) is 9.42. The average molecular weight is 517 g/mol. The van der Waals surface area contributed by atoms with E-state index in [1.807, 2.05) is 6.92 Å². The molecule has 0 saturated heterocycles. The molecule has 2 aromatic carbocycles. The normalized spacial score (nSPS) is 12.1. The minimum absolute atomic E-state index is 0.144. The van der Waals surface area contributed by atoms with Crippen molar-refractivity contribution >= 4 is 44.7 Å². The highest BCUT2D eigenvalue weighted by Crippen LogP contribution is 2.31. The summed E-state index contributed by atoms with van der Waals surface area (Å²) in [5.41, 5.74) is 0.0127. The first-order valence-electron chi connectivity index (χ1n) is 10.1. The molecule has 0 aliphatic heterocycles. The lowest BCUT2D eigenvalue weighted by atomic mass is 10.2. The second-order valence-corrected chi connectivity index (χ2v) is 7.78. The largest absolute Gasteiger partial charge is 0.471 e. The van der Waals surface area contributed by atoms with Crippen LogP contribution in [0.1, 0.15) is 32.2 Å². The molecule has 1 atom stereocenters. The third-order valence-corrected chi connectivity index (χ3v) is 5.13. The molecule has 10 nitrogen and oxygen atoms in total. The highest BCUT2D eigenvalue weighted by atomic mass is 79.9. The second-order valence-electron chi connectivity index (χ2n) is 6.87. The highest BCUT2D eigenvalue weighted by molar-refractivity contribution is 9.10. The van der Waals surface area contributed by atoms with Gasteiger partial charge < -0.3 is 9.47 Å². The first-order chi connectivity index (χ1) is 15.8. The summed E-state index contributed by atoms with van der Waals surface area (Å²) >= 11 is 3.35. The fourth-order valence-electron chi connectivity index (χ4n) is 3.06. The minimum Gasteiger partial charge on any atom is -0.471 e. The molecule has 0 aliphatic carbocycles. The van der Waals surface area contributed by atoms with Gasteiger partial charge >= 0.3 is 11.7 Å². The summed E-state index contributed by atoms with van der Waals surface area (Å²) in [5, 5.41) is 16.2. The predicted molar refractivity (Wildman–Crippen MR) is 126 cm³/mol. The van der Waals surface area contributed by atoms with Crippen LogP contribution < -0.4 is 10.3 Å². The van der Waals surface area contributed by atoms with E-state index in [2.05, 4.69) is 26.0 Å². The number of hydrogen-bond acceptors (Lipinski definition) is 8. The molecule has 1 heterocycles. The van der Waals surface area contributed by atoms with Crippen LogP contribution in [0.4, 0.5) is 5.69 Å². The van der Waals surface area contributed by atoms with E-state index in [1.165, 1.54) is 31.3 Å². The van der Waals surface area contributed by atoms with E-state index >= 15 is 0 Å². The topological polar surface area (TPSA) is 126 Å². The number of benzene rings is 2. The van der Waals surface area contributed by atoms with Crippen LogP contribution in [0.2, 0.25) is 0 Å². The monoisotopic (exact) mass is 516 g/mol. The molecular weight excluding hydrogens is 496 g/mol. The van der Waals surface area contributed by atoms with E-state index in [9.17, 15) is 19.7 Å². The Morgan fingerprint density at radius 3 is 2.76 bits per heavy atom. The van der Waals surface area contributed by atoms with Gasteiger partial charge in [-0.3, -0.25) is 14.9 Å². The molecule has 11 heteroatoms. The van der Waals surface area contributed by atoms with E-state index in [0.717, 1.165) is 9.15 Å². The number of halogens is 1. The summed E-state index contributed by atoms with van der Waals surface area (Å²) in [6.45, 7) is 5.06. The Hall–Kier alpha value is -3.60. The lowest BCUT2D eigenvalue weighted by molar-refractivity contribution is -0.386. The first-order valence-corrected chi connectivity index (χ1v) is 10.9. The summed E-state index contributed by atoms with van der Waals surface area (Å²) in [7, 11) is 0. The Bertz CT molecular complexity index is 1300. The molecule has 33 heavy (non-hydrogen) atoms. The maximum Gasteiger partial charge on any atom is 0.347 e. The first kappa shape index (κ1) is 24.1. The van der Waals surface area contributed by atoms with Crippen molar-refractivity contribution in [3.63, 3.8) is 0 Å². The maximum absolute atomic E-state index is 13.1. The zero-order valence-corrected chi connectivity index (χ0v) is 19.7. The van der Waals surface area contributed by atoms with Crippen molar-refractivity contribution in [2.75, 3.05) is 6.61 Å². The van der Waals surface area contributed by atoms with Gasteiger partial charge in [-0.25, -0.2) is 9.78 Å². The Balaban J connectivity index is 2.10. The Morgan fingerprint density at radius 1 is 1.33 bits per heavy atom. The highest BCUT2D eigenvalue weighted by Gasteiger charge is 2.24. The Labute approximate surface area is 197 Å². The van der Waals surface area contributed by atoms with E-state index in [4.69, 9.17) is 9.47 Å². The smallest absolute Gasteiger partial charge is 0.347 e. The van der Waals surface area contributed by atoms with Crippen LogP contribution in [0, 0.1) is 10.1 Å². The minimum atomic E-state index is -1.09. The number of aryl methyl sites for hydroxylation is 1. The molecule has 0 unspecified atom stereocenters. The van der Waals surface area contributed by atoms with Crippen molar-refractivity contribution in [2.24, 2.45) is 5.10 Å². The van der Waals surface area contributed by atoms with Crippen molar-refractivity contribution in [1.29, 1.82) is 0 Å². The fraction of sp³-hybridized carbons (Fsp3) is 0.273.